The third-order valence-corrected chi connectivity index (χ3v) is 8.37. The molecule has 0 atom stereocenters. The van der Waals surface area contributed by atoms with Crippen LogP contribution < -0.4 is 5.32 Å². The molecule has 0 saturated heterocycles. The normalized spacial score (nSPS) is 16.0. The molecule has 1 aliphatic carbocycles. The first-order valence-electron chi connectivity index (χ1n) is 13.4. The van der Waals surface area contributed by atoms with Gasteiger partial charge in [-0.1, -0.05) is 23.2 Å². The predicted molar refractivity (Wildman–Crippen MR) is 160 cm³/mol. The van der Waals surface area contributed by atoms with E-state index in [0.717, 1.165) is 0 Å². The van der Waals surface area contributed by atoms with Crippen LogP contribution in [0.15, 0.2) is 36.7 Å². The molecular weight excluding hydrogens is 607 g/mol. The van der Waals surface area contributed by atoms with Crippen LogP contribution in [0.4, 0.5) is 8.78 Å². The molecule has 0 spiro atoms. The summed E-state index contributed by atoms with van der Waals surface area (Å²) in [6.07, 6.45) is 2.31. The molecule has 0 radical (unpaired) electrons. The molecule has 13 heteroatoms. The van der Waals surface area contributed by atoms with Crippen LogP contribution >= 0.6 is 23.2 Å². The lowest BCUT2D eigenvalue weighted by Gasteiger charge is -2.36. The highest BCUT2D eigenvalue weighted by Gasteiger charge is 2.42. The maximum Gasteiger partial charge on any atom is 0.337 e. The number of carbonyl (C=O) groups is 3. The number of ketones is 1. The summed E-state index contributed by atoms with van der Waals surface area (Å²) >= 11 is 12.3. The van der Waals surface area contributed by atoms with E-state index in [0.29, 0.717) is 32.9 Å². The summed E-state index contributed by atoms with van der Waals surface area (Å²) in [4.78, 5) is 40.9. The number of hydrogen-bond donors (Lipinski definition) is 6. The first-order chi connectivity index (χ1) is 19.9. The Morgan fingerprint density at radius 2 is 1.47 bits per heavy atom. The van der Waals surface area contributed by atoms with Gasteiger partial charge in [0.1, 0.15) is 0 Å². The first kappa shape index (κ1) is 32.4. The van der Waals surface area contributed by atoms with Gasteiger partial charge in [0, 0.05) is 53.7 Å². The Kier molecular flexibility index (Phi) is 8.95. The van der Waals surface area contributed by atoms with Crippen LogP contribution in [0.2, 0.25) is 10.0 Å². The predicted octanol–water partition coefficient (Wildman–Crippen LogP) is 6.44. The largest absolute Gasteiger partial charge is 0.478 e. The third kappa shape index (κ3) is 6.85. The van der Waals surface area contributed by atoms with Crippen LogP contribution in [-0.4, -0.2) is 61.0 Å². The molecule has 1 amide bonds. The van der Waals surface area contributed by atoms with E-state index in [4.69, 9.17) is 28.3 Å². The van der Waals surface area contributed by atoms with E-state index in [1.807, 2.05) is 0 Å². The lowest BCUT2D eigenvalue weighted by Crippen LogP contribution is -2.47. The van der Waals surface area contributed by atoms with Gasteiger partial charge < -0.3 is 30.6 Å². The van der Waals surface area contributed by atoms with E-state index in [2.05, 4.69) is 15.3 Å². The minimum atomic E-state index is -2.76. The molecule has 43 heavy (non-hydrogen) atoms. The number of aromatic carboxylic acids is 1. The second-order valence-corrected chi connectivity index (χ2v) is 12.0. The third-order valence-electron chi connectivity index (χ3n) is 7.56. The molecule has 2 aromatic carbocycles. The monoisotopic (exact) mass is 637 g/mol. The lowest BCUT2D eigenvalue weighted by atomic mass is 9.82. The molecular formula is C30H31Cl2F2N3O6. The van der Waals surface area contributed by atoms with Crippen LogP contribution in [0.3, 0.4) is 0 Å². The fourth-order valence-electron chi connectivity index (χ4n) is 5.08. The number of hydrogen-bond acceptors (Lipinski definition) is 5. The quantitative estimate of drug-likeness (QED) is 0.134. The number of benzene rings is 2. The van der Waals surface area contributed by atoms with Crippen molar-refractivity contribution in [2.45, 2.75) is 63.6 Å². The van der Waals surface area contributed by atoms with Gasteiger partial charge in [-0.2, -0.15) is 0 Å². The van der Waals surface area contributed by atoms with Crippen molar-refractivity contribution in [3.63, 3.8) is 0 Å². The number of carboxylic acids is 1. The van der Waals surface area contributed by atoms with Crippen LogP contribution in [0.5, 0.6) is 0 Å². The van der Waals surface area contributed by atoms with E-state index in [9.17, 15) is 33.4 Å². The molecule has 1 saturated carbocycles. The lowest BCUT2D eigenvalue weighted by molar-refractivity contribution is -0.101. The van der Waals surface area contributed by atoms with Crippen LogP contribution in [-0.2, 0) is 5.60 Å². The summed E-state index contributed by atoms with van der Waals surface area (Å²) in [7, 11) is 0. The summed E-state index contributed by atoms with van der Waals surface area (Å²) < 4.78 is 26.6. The fraction of sp³-hybridized carbons (Fsp3) is 0.367. The highest BCUT2D eigenvalue weighted by atomic mass is 35.5. The van der Waals surface area contributed by atoms with Crippen molar-refractivity contribution in [1.82, 2.24) is 15.3 Å². The fourth-order valence-corrected chi connectivity index (χ4v) is 5.67. The second-order valence-electron chi connectivity index (χ2n) is 11.3. The van der Waals surface area contributed by atoms with Gasteiger partial charge in [0.2, 0.25) is 5.92 Å². The average molecular weight is 638 g/mol. The van der Waals surface area contributed by atoms with Gasteiger partial charge in [0.05, 0.1) is 43.4 Å². The number of Topliss-reactive ketones (excluding diaryl/α,β-unsaturated/α-hetero) is 1. The average Bonchev–Trinajstić information content (AvgIpc) is 3.60. The summed E-state index contributed by atoms with van der Waals surface area (Å²) in [6, 6.07) is 6.17. The number of aromatic nitrogens is 2. The Hall–Kier alpha value is -3.51. The number of halogens is 4. The zero-order chi connectivity index (χ0) is 31.9. The minimum absolute atomic E-state index is 0.0565. The van der Waals surface area contributed by atoms with Crippen molar-refractivity contribution in [1.29, 1.82) is 0 Å². The molecule has 0 unspecified atom stereocenters. The molecule has 5 rings (SSSR count). The smallest absolute Gasteiger partial charge is 0.337 e. The molecule has 0 aliphatic heterocycles. The second kappa shape index (κ2) is 11.9. The summed E-state index contributed by atoms with van der Waals surface area (Å²) in [5.41, 5.74) is -0.420. The standard InChI is InChI=1S/C19H23ClF2N2O3.C11H8ClNO3/c1-17(2,26)13-9-12(14(20)11-3-8-23-15(11)13)16(25)24-10-18(27)4-6-19(21,22)7-5-18;1-5(14)7-4-8(11(15)16)9(12)6-2-3-13-10(6)7/h3,8-9,23,26-27H,4-7,10H2,1-2H3,(H,24,25);2-4,13H,1H3,(H,15,16). The Balaban J connectivity index is 0.000000225. The number of rotatable bonds is 6. The molecule has 1 aliphatic rings. The van der Waals surface area contributed by atoms with Gasteiger partial charge in [-0.25, -0.2) is 13.6 Å². The summed E-state index contributed by atoms with van der Waals surface area (Å²) in [5, 5.41) is 34.0. The van der Waals surface area contributed by atoms with Gasteiger partial charge in [-0.05, 0) is 57.9 Å². The highest BCUT2D eigenvalue weighted by Crippen LogP contribution is 2.39. The van der Waals surface area contributed by atoms with E-state index < -0.39 is 41.8 Å². The van der Waals surface area contributed by atoms with E-state index >= 15 is 0 Å². The van der Waals surface area contributed by atoms with Crippen molar-refractivity contribution in [2.24, 2.45) is 0 Å². The van der Waals surface area contributed by atoms with Crippen LogP contribution in [0, 0.1) is 0 Å². The molecule has 4 aromatic rings. The zero-order valence-electron chi connectivity index (χ0n) is 23.6. The molecule has 2 aromatic heterocycles. The van der Waals surface area contributed by atoms with Crippen molar-refractivity contribution in [3.8, 4) is 0 Å². The Labute approximate surface area is 255 Å². The number of aromatic amines is 2. The minimum Gasteiger partial charge on any atom is -0.478 e. The maximum absolute atomic E-state index is 13.3. The van der Waals surface area contributed by atoms with Gasteiger partial charge in [0.25, 0.3) is 5.91 Å². The number of carboxylic acid groups (broad SMARTS) is 1. The number of alkyl halides is 2. The summed E-state index contributed by atoms with van der Waals surface area (Å²) in [5.74, 6) is -4.64. The summed E-state index contributed by atoms with van der Waals surface area (Å²) in [6.45, 7) is 4.45. The first-order valence-corrected chi connectivity index (χ1v) is 14.1. The Bertz CT molecular complexity index is 1710. The van der Waals surface area contributed by atoms with E-state index in [1.54, 1.807) is 38.4 Å². The van der Waals surface area contributed by atoms with E-state index in [1.165, 1.54) is 19.1 Å². The topological polar surface area (TPSA) is 156 Å². The van der Waals surface area contributed by atoms with Crippen molar-refractivity contribution in [2.75, 3.05) is 6.54 Å². The molecule has 6 N–H and O–H groups in total. The Morgan fingerprint density at radius 3 is 2.00 bits per heavy atom. The van der Waals surface area contributed by atoms with E-state index in [-0.39, 0.29) is 46.3 Å². The van der Waals surface area contributed by atoms with Crippen LogP contribution in [0.1, 0.15) is 83.1 Å². The van der Waals surface area contributed by atoms with Crippen molar-refractivity contribution >= 4 is 62.7 Å². The molecule has 1 fully saturated rings. The number of fused-ring (bicyclic) bond motifs is 2. The number of carbonyl (C=O) groups excluding carboxylic acids is 2. The molecule has 9 nitrogen and oxygen atoms in total. The SMILES string of the molecule is CC(=O)c1cc(C(=O)O)c(Cl)c2cc[nH]c12.CC(C)(O)c1cc(C(=O)NCC2(O)CCC(F)(F)CC2)c(Cl)c2cc[nH]c12. The van der Waals surface area contributed by atoms with Crippen molar-refractivity contribution in [3.05, 3.63) is 69.0 Å². The van der Waals surface area contributed by atoms with Crippen molar-refractivity contribution < 1.29 is 38.5 Å². The maximum atomic E-state index is 13.3. The number of H-pyrrole nitrogens is 2. The van der Waals surface area contributed by atoms with Crippen LogP contribution in [0.25, 0.3) is 21.8 Å². The highest BCUT2D eigenvalue weighted by molar-refractivity contribution is 6.39. The Morgan fingerprint density at radius 1 is 0.930 bits per heavy atom. The van der Waals surface area contributed by atoms with Gasteiger partial charge in [-0.15, -0.1) is 0 Å². The number of amides is 1. The number of nitrogens with one attached hydrogen (secondary N) is 3. The van der Waals surface area contributed by atoms with Gasteiger partial charge >= 0.3 is 5.97 Å². The van der Waals surface area contributed by atoms with Gasteiger partial charge in [-0.3, -0.25) is 9.59 Å². The van der Waals surface area contributed by atoms with Gasteiger partial charge in [0.15, 0.2) is 5.78 Å². The number of aliphatic hydroxyl groups is 2. The molecule has 0 bridgehead atoms. The molecule has 2 heterocycles. The molecule has 230 valence electrons. The zero-order valence-corrected chi connectivity index (χ0v) is 25.1.